The zero-order valence-corrected chi connectivity index (χ0v) is 16.8. The average Bonchev–Trinajstić information content (AvgIpc) is 2.66. The van der Waals surface area contributed by atoms with Gasteiger partial charge in [-0.25, -0.2) is 4.79 Å². The normalized spacial score (nSPS) is 22.8. The monoisotopic (exact) mass is 349 g/mol. The molecule has 0 atom stereocenters. The number of ether oxygens (including phenoxy) is 1. The molecule has 0 spiro atoms. The van der Waals surface area contributed by atoms with Gasteiger partial charge < -0.3 is 18.9 Å². The minimum atomic E-state index is -0.460. The first-order valence-corrected chi connectivity index (χ1v) is 9.02. The first kappa shape index (κ1) is 20.1. The van der Waals surface area contributed by atoms with Crippen molar-refractivity contribution >= 4 is 13.2 Å². The van der Waals surface area contributed by atoms with E-state index < -0.39 is 12.7 Å². The second-order valence-corrected chi connectivity index (χ2v) is 8.93. The molecule has 2 fully saturated rings. The first-order valence-electron chi connectivity index (χ1n) is 9.02. The second-order valence-electron chi connectivity index (χ2n) is 8.93. The van der Waals surface area contributed by atoms with Crippen molar-refractivity contribution in [3.63, 3.8) is 0 Å². The number of nitrogens with zero attached hydrogens (tertiary/aromatic N) is 1. The van der Waals surface area contributed by atoms with Crippen LogP contribution in [-0.4, -0.2) is 48.0 Å². The molecular weight excluding hydrogens is 317 g/mol. The van der Waals surface area contributed by atoms with Crippen LogP contribution in [0.25, 0.3) is 0 Å². The number of amides is 1. The van der Waals surface area contributed by atoms with Crippen LogP contribution in [0.3, 0.4) is 0 Å². The van der Waals surface area contributed by atoms with E-state index in [4.69, 9.17) is 14.0 Å². The number of hydrogen-bond acceptors (Lipinski definition) is 4. The van der Waals surface area contributed by atoms with E-state index >= 15 is 0 Å². The topological polar surface area (TPSA) is 48.0 Å². The molecule has 2 saturated heterocycles. The molecule has 0 saturated carbocycles. The fourth-order valence-electron chi connectivity index (χ4n) is 2.77. The summed E-state index contributed by atoms with van der Waals surface area (Å²) in [5.74, 6) is 0. The summed E-state index contributed by atoms with van der Waals surface area (Å²) in [5, 5.41) is 0. The highest BCUT2D eigenvalue weighted by Crippen LogP contribution is 2.38. The van der Waals surface area contributed by atoms with Crippen LogP contribution in [-0.2, 0) is 14.0 Å². The van der Waals surface area contributed by atoms with Gasteiger partial charge in [-0.05, 0) is 66.8 Å². The van der Waals surface area contributed by atoms with Crippen LogP contribution in [0.2, 0.25) is 0 Å². The minimum Gasteiger partial charge on any atom is -0.444 e. The Balaban J connectivity index is 1.90. The van der Waals surface area contributed by atoms with Crippen molar-refractivity contribution in [2.75, 3.05) is 13.1 Å². The molecule has 0 aromatic heterocycles. The Labute approximate surface area is 152 Å². The van der Waals surface area contributed by atoms with Gasteiger partial charge in [-0.1, -0.05) is 18.2 Å². The van der Waals surface area contributed by atoms with Crippen molar-refractivity contribution in [3.05, 3.63) is 23.7 Å². The van der Waals surface area contributed by atoms with E-state index in [0.717, 1.165) is 18.3 Å². The SMILES string of the molecule is C=C(C=C1CCN(C(=O)OC(C)(C)C)CC1)B1OC(C)(C)C(C)(C)O1. The van der Waals surface area contributed by atoms with E-state index in [9.17, 15) is 4.79 Å². The Bertz CT molecular complexity index is 548. The zero-order valence-electron chi connectivity index (χ0n) is 16.8. The smallest absolute Gasteiger partial charge is 0.444 e. The standard InChI is InChI=1S/C19H32BNO4/c1-14(20-24-18(5,6)19(7,8)25-20)13-15-9-11-21(12-10-15)16(22)23-17(2,3)4/h13H,1,9-12H2,2-8H3. The summed E-state index contributed by atoms with van der Waals surface area (Å²) in [6.45, 7) is 19.2. The third-order valence-corrected chi connectivity index (χ3v) is 5.00. The lowest BCUT2D eigenvalue weighted by molar-refractivity contribution is 0.00578. The Morgan fingerprint density at radius 2 is 1.64 bits per heavy atom. The van der Waals surface area contributed by atoms with Gasteiger partial charge in [-0.15, -0.1) is 0 Å². The molecular formula is C19H32BNO4. The van der Waals surface area contributed by atoms with E-state index in [1.165, 1.54) is 5.57 Å². The van der Waals surface area contributed by atoms with Crippen molar-refractivity contribution in [1.82, 2.24) is 4.90 Å². The largest absolute Gasteiger partial charge is 0.494 e. The Hall–Kier alpha value is -1.27. The highest BCUT2D eigenvalue weighted by Gasteiger charge is 2.51. The number of carbonyl (C=O) groups is 1. The van der Waals surface area contributed by atoms with Gasteiger partial charge in [-0.2, -0.15) is 0 Å². The number of hydrogen-bond donors (Lipinski definition) is 0. The van der Waals surface area contributed by atoms with Crippen LogP contribution in [0, 0.1) is 0 Å². The predicted molar refractivity (Wildman–Crippen MR) is 100 cm³/mol. The van der Waals surface area contributed by atoms with Crippen LogP contribution in [0.1, 0.15) is 61.3 Å². The van der Waals surface area contributed by atoms with E-state index in [1.807, 2.05) is 48.5 Å². The predicted octanol–water partition coefficient (Wildman–Crippen LogP) is 4.13. The molecule has 0 aromatic rings. The highest BCUT2D eigenvalue weighted by atomic mass is 16.7. The summed E-state index contributed by atoms with van der Waals surface area (Å²) in [5.41, 5.74) is 0.912. The first-order chi connectivity index (χ1) is 11.3. The van der Waals surface area contributed by atoms with Crippen LogP contribution in [0.15, 0.2) is 23.7 Å². The number of rotatable bonds is 2. The van der Waals surface area contributed by atoms with Gasteiger partial charge >= 0.3 is 13.2 Å². The molecule has 0 unspecified atom stereocenters. The summed E-state index contributed by atoms with van der Waals surface area (Å²) in [6.07, 6.45) is 3.46. The molecule has 2 aliphatic heterocycles. The van der Waals surface area contributed by atoms with Crippen molar-refractivity contribution in [1.29, 1.82) is 0 Å². The maximum Gasteiger partial charge on any atom is 0.494 e. The lowest BCUT2D eigenvalue weighted by Gasteiger charge is -2.32. The lowest BCUT2D eigenvalue weighted by atomic mass is 9.77. The van der Waals surface area contributed by atoms with Gasteiger partial charge in [0.1, 0.15) is 5.60 Å². The fourth-order valence-corrected chi connectivity index (χ4v) is 2.77. The molecule has 6 heteroatoms. The molecule has 0 N–H and O–H groups in total. The molecule has 0 radical (unpaired) electrons. The Morgan fingerprint density at radius 1 is 1.16 bits per heavy atom. The van der Waals surface area contributed by atoms with Crippen LogP contribution >= 0.6 is 0 Å². The van der Waals surface area contributed by atoms with Crippen molar-refractivity contribution in [2.24, 2.45) is 0 Å². The van der Waals surface area contributed by atoms with Gasteiger partial charge in [0.2, 0.25) is 0 Å². The Morgan fingerprint density at radius 3 is 2.08 bits per heavy atom. The summed E-state index contributed by atoms with van der Waals surface area (Å²) in [6, 6.07) is 0. The van der Waals surface area contributed by atoms with E-state index in [2.05, 4.69) is 12.7 Å². The molecule has 0 aliphatic carbocycles. The lowest BCUT2D eigenvalue weighted by Crippen LogP contribution is -2.41. The van der Waals surface area contributed by atoms with Crippen LogP contribution < -0.4 is 0 Å². The fraction of sp³-hybridized carbons (Fsp3) is 0.737. The summed E-state index contributed by atoms with van der Waals surface area (Å²) in [7, 11) is -0.415. The van der Waals surface area contributed by atoms with Gasteiger partial charge in [0.05, 0.1) is 11.2 Å². The summed E-state index contributed by atoms with van der Waals surface area (Å²) < 4.78 is 17.5. The van der Waals surface area contributed by atoms with Gasteiger partial charge in [0.25, 0.3) is 0 Å². The third-order valence-electron chi connectivity index (χ3n) is 5.00. The summed E-state index contributed by atoms with van der Waals surface area (Å²) >= 11 is 0. The van der Waals surface area contributed by atoms with Crippen molar-refractivity contribution in [2.45, 2.75) is 78.1 Å². The molecule has 140 valence electrons. The number of piperidine rings is 1. The molecule has 0 bridgehead atoms. The maximum absolute atomic E-state index is 12.1. The molecule has 2 heterocycles. The minimum absolute atomic E-state index is 0.240. The maximum atomic E-state index is 12.1. The molecule has 2 rings (SSSR count). The average molecular weight is 349 g/mol. The van der Waals surface area contributed by atoms with E-state index in [1.54, 1.807) is 4.90 Å². The van der Waals surface area contributed by atoms with E-state index in [-0.39, 0.29) is 17.3 Å². The zero-order chi connectivity index (χ0) is 19.0. The molecule has 0 aromatic carbocycles. The molecule has 1 amide bonds. The van der Waals surface area contributed by atoms with Gasteiger partial charge in [0, 0.05) is 13.1 Å². The van der Waals surface area contributed by atoms with Crippen LogP contribution in [0.4, 0.5) is 4.79 Å². The third kappa shape index (κ3) is 4.88. The second kappa shape index (κ2) is 6.80. The van der Waals surface area contributed by atoms with Crippen molar-refractivity contribution < 1.29 is 18.8 Å². The van der Waals surface area contributed by atoms with Crippen LogP contribution in [0.5, 0.6) is 0 Å². The Kier molecular flexibility index (Phi) is 5.46. The van der Waals surface area contributed by atoms with E-state index in [0.29, 0.717) is 13.1 Å². The van der Waals surface area contributed by atoms with Crippen molar-refractivity contribution in [3.8, 4) is 0 Å². The number of carbonyl (C=O) groups excluding carboxylic acids is 1. The van der Waals surface area contributed by atoms with Gasteiger partial charge in [-0.3, -0.25) is 0 Å². The quantitative estimate of drug-likeness (QED) is 0.704. The summed E-state index contributed by atoms with van der Waals surface area (Å²) in [4.78, 5) is 13.9. The van der Waals surface area contributed by atoms with Gasteiger partial charge in [0.15, 0.2) is 0 Å². The molecule has 2 aliphatic rings. The number of likely N-dealkylation sites (tertiary alicyclic amines) is 1. The molecule has 25 heavy (non-hydrogen) atoms. The molecule has 5 nitrogen and oxygen atoms in total. The highest BCUT2D eigenvalue weighted by molar-refractivity contribution is 6.55. The number of allylic oxidation sites excluding steroid dienone is 2.